The van der Waals surface area contributed by atoms with E-state index >= 15 is 0 Å². The molecule has 0 saturated heterocycles. The van der Waals surface area contributed by atoms with Gasteiger partial charge in [-0.05, 0) is 25.5 Å². The summed E-state index contributed by atoms with van der Waals surface area (Å²) in [6.45, 7) is 4.03. The standard InChI is InChI=1S/C15H13N3O2/c1-9-3-4-10(2)11(7-9)12-8-18-6-5-16-13(15(19)20)14(18)17-12/h3-8H,1-2H3,(H,19,20). The van der Waals surface area contributed by atoms with Crippen molar-refractivity contribution < 1.29 is 9.90 Å². The summed E-state index contributed by atoms with van der Waals surface area (Å²) in [5, 5.41) is 9.15. The van der Waals surface area contributed by atoms with Crippen LogP contribution in [0.3, 0.4) is 0 Å². The first-order valence-corrected chi connectivity index (χ1v) is 6.21. The van der Waals surface area contributed by atoms with E-state index < -0.39 is 5.97 Å². The first kappa shape index (κ1) is 12.3. The van der Waals surface area contributed by atoms with E-state index in [1.54, 1.807) is 10.6 Å². The van der Waals surface area contributed by atoms with Gasteiger partial charge in [0, 0.05) is 24.2 Å². The number of fused-ring (bicyclic) bond motifs is 1. The zero-order valence-corrected chi connectivity index (χ0v) is 11.2. The third kappa shape index (κ3) is 1.93. The second kappa shape index (κ2) is 4.45. The molecular formula is C15H13N3O2. The number of imidazole rings is 1. The summed E-state index contributed by atoms with van der Waals surface area (Å²) in [6.07, 6.45) is 4.99. The zero-order chi connectivity index (χ0) is 14.3. The minimum Gasteiger partial charge on any atom is -0.476 e. The molecule has 2 aromatic heterocycles. The first-order valence-electron chi connectivity index (χ1n) is 6.21. The van der Waals surface area contributed by atoms with Crippen LogP contribution in [0.15, 0.2) is 36.8 Å². The minimum absolute atomic E-state index is 0.0379. The fraction of sp³-hybridized carbons (Fsp3) is 0.133. The lowest BCUT2D eigenvalue weighted by Gasteiger charge is -2.03. The molecule has 0 saturated carbocycles. The Morgan fingerprint density at radius 1 is 1.30 bits per heavy atom. The van der Waals surface area contributed by atoms with Gasteiger partial charge in [-0.2, -0.15) is 0 Å². The fourth-order valence-corrected chi connectivity index (χ4v) is 2.21. The second-order valence-corrected chi connectivity index (χ2v) is 4.76. The van der Waals surface area contributed by atoms with E-state index in [1.165, 1.54) is 6.20 Å². The SMILES string of the molecule is Cc1ccc(C)c(-c2cn3ccnc(C(=O)O)c3n2)c1. The number of aryl methyl sites for hydroxylation is 2. The van der Waals surface area contributed by atoms with E-state index in [0.717, 1.165) is 22.4 Å². The van der Waals surface area contributed by atoms with Gasteiger partial charge in [-0.25, -0.2) is 14.8 Å². The number of nitrogens with zero attached hydrogens (tertiary/aromatic N) is 3. The van der Waals surface area contributed by atoms with Crippen LogP contribution >= 0.6 is 0 Å². The molecule has 0 aliphatic heterocycles. The van der Waals surface area contributed by atoms with Gasteiger partial charge in [0.05, 0.1) is 5.69 Å². The molecule has 1 N–H and O–H groups in total. The number of hydrogen-bond acceptors (Lipinski definition) is 3. The summed E-state index contributed by atoms with van der Waals surface area (Å²) in [4.78, 5) is 19.5. The van der Waals surface area contributed by atoms with Crippen molar-refractivity contribution in [2.45, 2.75) is 13.8 Å². The van der Waals surface area contributed by atoms with Gasteiger partial charge in [-0.15, -0.1) is 0 Å². The van der Waals surface area contributed by atoms with Gasteiger partial charge >= 0.3 is 5.97 Å². The van der Waals surface area contributed by atoms with Crippen molar-refractivity contribution in [1.82, 2.24) is 14.4 Å². The quantitative estimate of drug-likeness (QED) is 0.775. The largest absolute Gasteiger partial charge is 0.476 e. The van der Waals surface area contributed by atoms with Gasteiger partial charge in [-0.1, -0.05) is 17.7 Å². The third-order valence-corrected chi connectivity index (χ3v) is 3.25. The Labute approximate surface area is 115 Å². The predicted molar refractivity (Wildman–Crippen MR) is 74.9 cm³/mol. The van der Waals surface area contributed by atoms with Crippen LogP contribution in [0.2, 0.25) is 0 Å². The van der Waals surface area contributed by atoms with Crippen molar-refractivity contribution in [3.8, 4) is 11.3 Å². The minimum atomic E-state index is -1.08. The Hall–Kier alpha value is -2.69. The molecular weight excluding hydrogens is 254 g/mol. The molecule has 3 aromatic rings. The first-order chi connectivity index (χ1) is 9.56. The van der Waals surface area contributed by atoms with E-state index in [4.69, 9.17) is 5.11 Å². The van der Waals surface area contributed by atoms with Gasteiger partial charge in [0.15, 0.2) is 11.3 Å². The van der Waals surface area contributed by atoms with Crippen molar-refractivity contribution in [2.24, 2.45) is 0 Å². The molecule has 100 valence electrons. The van der Waals surface area contributed by atoms with E-state index in [9.17, 15) is 4.79 Å². The van der Waals surface area contributed by atoms with Crippen LogP contribution in [0.4, 0.5) is 0 Å². The van der Waals surface area contributed by atoms with Crippen molar-refractivity contribution in [2.75, 3.05) is 0 Å². The van der Waals surface area contributed by atoms with Crippen LogP contribution in [0.5, 0.6) is 0 Å². The molecule has 2 heterocycles. The molecule has 0 aliphatic carbocycles. The van der Waals surface area contributed by atoms with Crippen LogP contribution in [0.1, 0.15) is 21.6 Å². The summed E-state index contributed by atoms with van der Waals surface area (Å²) in [5.41, 5.74) is 4.31. The Bertz CT molecular complexity index is 821. The van der Waals surface area contributed by atoms with Crippen LogP contribution in [-0.2, 0) is 0 Å². The molecule has 20 heavy (non-hydrogen) atoms. The number of carbonyl (C=O) groups is 1. The fourth-order valence-electron chi connectivity index (χ4n) is 2.21. The number of carboxylic acids is 1. The summed E-state index contributed by atoms with van der Waals surface area (Å²) in [7, 11) is 0. The maximum atomic E-state index is 11.2. The lowest BCUT2D eigenvalue weighted by Crippen LogP contribution is -2.03. The number of aromatic carboxylic acids is 1. The summed E-state index contributed by atoms with van der Waals surface area (Å²) in [5.74, 6) is -1.08. The summed E-state index contributed by atoms with van der Waals surface area (Å²) < 4.78 is 1.69. The van der Waals surface area contributed by atoms with E-state index in [1.807, 2.05) is 38.2 Å². The maximum absolute atomic E-state index is 11.2. The Morgan fingerprint density at radius 3 is 2.85 bits per heavy atom. The molecule has 0 aliphatic rings. The van der Waals surface area contributed by atoms with E-state index in [-0.39, 0.29) is 5.69 Å². The molecule has 5 nitrogen and oxygen atoms in total. The maximum Gasteiger partial charge on any atom is 0.358 e. The molecule has 1 aromatic carbocycles. The van der Waals surface area contributed by atoms with E-state index in [0.29, 0.717) is 5.65 Å². The molecule has 5 heteroatoms. The number of benzene rings is 1. The smallest absolute Gasteiger partial charge is 0.358 e. The van der Waals surface area contributed by atoms with Crippen LogP contribution in [0.25, 0.3) is 16.9 Å². The molecule has 0 spiro atoms. The lowest BCUT2D eigenvalue weighted by atomic mass is 10.0. The molecule has 0 fully saturated rings. The number of hydrogen-bond donors (Lipinski definition) is 1. The van der Waals surface area contributed by atoms with Gasteiger partial charge in [0.1, 0.15) is 0 Å². The van der Waals surface area contributed by atoms with E-state index in [2.05, 4.69) is 9.97 Å². The highest BCUT2D eigenvalue weighted by atomic mass is 16.4. The highest BCUT2D eigenvalue weighted by molar-refractivity contribution is 5.92. The zero-order valence-electron chi connectivity index (χ0n) is 11.2. The molecule has 0 amide bonds. The van der Waals surface area contributed by atoms with Gasteiger partial charge in [-0.3, -0.25) is 0 Å². The Morgan fingerprint density at radius 2 is 2.10 bits per heavy atom. The molecule has 0 bridgehead atoms. The molecule has 0 radical (unpaired) electrons. The van der Waals surface area contributed by atoms with Crippen LogP contribution in [0, 0.1) is 13.8 Å². The van der Waals surface area contributed by atoms with Gasteiger partial charge < -0.3 is 9.51 Å². The molecule has 0 atom stereocenters. The van der Waals surface area contributed by atoms with Crippen LogP contribution < -0.4 is 0 Å². The summed E-state index contributed by atoms with van der Waals surface area (Å²) in [6, 6.07) is 6.12. The molecule has 0 unspecified atom stereocenters. The van der Waals surface area contributed by atoms with Crippen molar-refractivity contribution >= 4 is 11.6 Å². The van der Waals surface area contributed by atoms with Crippen molar-refractivity contribution in [1.29, 1.82) is 0 Å². The Balaban J connectivity index is 2.26. The molecule has 3 rings (SSSR count). The monoisotopic (exact) mass is 267 g/mol. The second-order valence-electron chi connectivity index (χ2n) is 4.76. The highest BCUT2D eigenvalue weighted by Crippen LogP contribution is 2.24. The lowest BCUT2D eigenvalue weighted by molar-refractivity contribution is 0.0692. The highest BCUT2D eigenvalue weighted by Gasteiger charge is 2.15. The van der Waals surface area contributed by atoms with Crippen molar-refractivity contribution in [3.63, 3.8) is 0 Å². The average Bonchev–Trinajstić information content (AvgIpc) is 2.84. The topological polar surface area (TPSA) is 67.5 Å². The van der Waals surface area contributed by atoms with Crippen molar-refractivity contribution in [3.05, 3.63) is 53.6 Å². The summed E-state index contributed by atoms with van der Waals surface area (Å²) >= 11 is 0. The normalized spacial score (nSPS) is 10.9. The predicted octanol–water partition coefficient (Wildman–Crippen LogP) is 2.71. The third-order valence-electron chi connectivity index (χ3n) is 3.25. The number of carboxylic acid groups (broad SMARTS) is 1. The number of rotatable bonds is 2. The Kier molecular flexibility index (Phi) is 2.75. The van der Waals surface area contributed by atoms with Gasteiger partial charge in [0.25, 0.3) is 0 Å². The van der Waals surface area contributed by atoms with Gasteiger partial charge in [0.2, 0.25) is 0 Å². The average molecular weight is 267 g/mol. The van der Waals surface area contributed by atoms with Crippen LogP contribution in [-0.4, -0.2) is 25.4 Å². The number of aromatic nitrogens is 3.